The predicted octanol–water partition coefficient (Wildman–Crippen LogP) is 1.81. The van der Waals surface area contributed by atoms with E-state index in [4.69, 9.17) is 10.5 Å². The molecule has 15 heavy (non-hydrogen) atoms. The van der Waals surface area contributed by atoms with Gasteiger partial charge in [-0.1, -0.05) is 30.3 Å². The molecule has 0 saturated carbocycles. The van der Waals surface area contributed by atoms with E-state index in [0.29, 0.717) is 12.4 Å². The Labute approximate surface area is 88.1 Å². The van der Waals surface area contributed by atoms with Gasteiger partial charge in [-0.05, 0) is 5.56 Å². The second kappa shape index (κ2) is 4.14. The van der Waals surface area contributed by atoms with Crippen molar-refractivity contribution < 1.29 is 4.74 Å². The lowest BCUT2D eigenvalue weighted by atomic mass is 10.1. The minimum absolute atomic E-state index is 0.481. The topological polar surface area (TPSA) is 63.9 Å². The number of nitrogens with one attached hydrogen (secondary N) is 1. The van der Waals surface area contributed by atoms with E-state index in [1.165, 1.54) is 0 Å². The van der Waals surface area contributed by atoms with Crippen LogP contribution in [-0.2, 0) is 11.3 Å². The first kappa shape index (κ1) is 9.73. The molecule has 0 fully saturated rings. The van der Waals surface area contributed by atoms with E-state index in [1.807, 2.05) is 30.3 Å². The molecule has 2 aromatic rings. The van der Waals surface area contributed by atoms with Crippen LogP contribution in [0.4, 0.5) is 5.82 Å². The summed E-state index contributed by atoms with van der Waals surface area (Å²) in [5.41, 5.74) is 8.69. The quantitative estimate of drug-likeness (QED) is 0.799. The second-order valence-electron chi connectivity index (χ2n) is 3.26. The average Bonchev–Trinajstić information content (AvgIpc) is 2.62. The zero-order valence-corrected chi connectivity index (χ0v) is 8.53. The Bertz CT molecular complexity index is 436. The fourth-order valence-corrected chi connectivity index (χ4v) is 1.57. The maximum absolute atomic E-state index is 5.81. The molecular weight excluding hydrogens is 190 g/mol. The zero-order valence-electron chi connectivity index (χ0n) is 8.53. The third-order valence-corrected chi connectivity index (χ3v) is 2.22. The number of aromatic amines is 1. The van der Waals surface area contributed by atoms with Gasteiger partial charge in [-0.25, -0.2) is 0 Å². The molecule has 1 aromatic carbocycles. The Morgan fingerprint density at radius 2 is 2.07 bits per heavy atom. The molecule has 0 atom stereocenters. The predicted molar refractivity (Wildman–Crippen MR) is 59.1 cm³/mol. The van der Waals surface area contributed by atoms with E-state index in [0.717, 1.165) is 16.8 Å². The third-order valence-electron chi connectivity index (χ3n) is 2.22. The molecule has 4 nitrogen and oxygen atoms in total. The first-order chi connectivity index (χ1) is 7.33. The number of H-pyrrole nitrogens is 1. The molecule has 0 aliphatic rings. The van der Waals surface area contributed by atoms with Gasteiger partial charge in [-0.3, -0.25) is 5.10 Å². The number of anilines is 1. The van der Waals surface area contributed by atoms with Crippen molar-refractivity contribution in [2.45, 2.75) is 6.61 Å². The highest BCUT2D eigenvalue weighted by molar-refractivity contribution is 5.75. The molecular formula is C11H13N3O. The van der Waals surface area contributed by atoms with Crippen molar-refractivity contribution in [3.63, 3.8) is 0 Å². The van der Waals surface area contributed by atoms with Crippen LogP contribution >= 0.6 is 0 Å². The Hall–Kier alpha value is -1.81. The summed E-state index contributed by atoms with van der Waals surface area (Å²) in [6, 6.07) is 9.91. The summed E-state index contributed by atoms with van der Waals surface area (Å²) in [6.45, 7) is 0.481. The number of hydrogen-bond donors (Lipinski definition) is 2. The van der Waals surface area contributed by atoms with Crippen molar-refractivity contribution in [3.05, 3.63) is 36.0 Å². The van der Waals surface area contributed by atoms with Gasteiger partial charge in [0.05, 0.1) is 12.3 Å². The number of ether oxygens (including phenoxy) is 1. The van der Waals surface area contributed by atoms with E-state index in [9.17, 15) is 0 Å². The maximum atomic E-state index is 5.81. The highest BCUT2D eigenvalue weighted by atomic mass is 16.5. The summed E-state index contributed by atoms with van der Waals surface area (Å²) >= 11 is 0. The van der Waals surface area contributed by atoms with Crippen LogP contribution in [0.25, 0.3) is 11.1 Å². The van der Waals surface area contributed by atoms with Crippen molar-refractivity contribution in [1.82, 2.24) is 10.2 Å². The summed E-state index contributed by atoms with van der Waals surface area (Å²) in [5.74, 6) is 0.508. The number of rotatable bonds is 3. The lowest BCUT2D eigenvalue weighted by Gasteiger charge is -2.02. The van der Waals surface area contributed by atoms with E-state index < -0.39 is 0 Å². The van der Waals surface area contributed by atoms with Gasteiger partial charge in [0.25, 0.3) is 0 Å². The largest absolute Gasteiger partial charge is 0.382 e. The van der Waals surface area contributed by atoms with E-state index in [1.54, 1.807) is 7.11 Å². The van der Waals surface area contributed by atoms with Gasteiger partial charge in [0, 0.05) is 12.7 Å². The van der Waals surface area contributed by atoms with Gasteiger partial charge in [-0.2, -0.15) is 5.10 Å². The molecule has 78 valence electrons. The second-order valence-corrected chi connectivity index (χ2v) is 3.26. The molecule has 0 radical (unpaired) electrons. The Kier molecular flexibility index (Phi) is 2.69. The molecule has 0 aliphatic heterocycles. The standard InChI is InChI=1S/C11H13N3O/c1-15-7-9-10(11(12)14-13-9)8-5-3-2-4-6-8/h2-6H,7H2,1H3,(H3,12,13,14). The highest BCUT2D eigenvalue weighted by Gasteiger charge is 2.11. The van der Waals surface area contributed by atoms with Crippen LogP contribution in [0.1, 0.15) is 5.69 Å². The lowest BCUT2D eigenvalue weighted by molar-refractivity contribution is 0.182. The molecule has 0 aliphatic carbocycles. The van der Waals surface area contributed by atoms with E-state index in [-0.39, 0.29) is 0 Å². The van der Waals surface area contributed by atoms with Crippen LogP contribution in [0, 0.1) is 0 Å². The summed E-state index contributed by atoms with van der Waals surface area (Å²) in [4.78, 5) is 0. The van der Waals surface area contributed by atoms with Crippen LogP contribution in [0.2, 0.25) is 0 Å². The summed E-state index contributed by atoms with van der Waals surface area (Å²) in [7, 11) is 1.64. The molecule has 4 heteroatoms. The highest BCUT2D eigenvalue weighted by Crippen LogP contribution is 2.27. The molecule has 0 amide bonds. The summed E-state index contributed by atoms with van der Waals surface area (Å²) < 4.78 is 5.08. The average molecular weight is 203 g/mol. The lowest BCUT2D eigenvalue weighted by Crippen LogP contribution is -1.92. The van der Waals surface area contributed by atoms with Crippen LogP contribution in [-0.4, -0.2) is 17.3 Å². The molecule has 1 heterocycles. The number of nitrogens with two attached hydrogens (primary N) is 1. The number of aromatic nitrogens is 2. The van der Waals surface area contributed by atoms with Gasteiger partial charge in [0.2, 0.25) is 0 Å². The van der Waals surface area contributed by atoms with Crippen LogP contribution in [0.5, 0.6) is 0 Å². The summed E-state index contributed by atoms with van der Waals surface area (Å²) in [6.07, 6.45) is 0. The van der Waals surface area contributed by atoms with Crippen molar-refractivity contribution in [3.8, 4) is 11.1 Å². The van der Waals surface area contributed by atoms with Gasteiger partial charge in [-0.15, -0.1) is 0 Å². The van der Waals surface area contributed by atoms with Crippen LogP contribution in [0.15, 0.2) is 30.3 Å². The molecule has 0 bridgehead atoms. The fourth-order valence-electron chi connectivity index (χ4n) is 1.57. The maximum Gasteiger partial charge on any atom is 0.153 e. The number of benzene rings is 1. The molecule has 2 rings (SSSR count). The van der Waals surface area contributed by atoms with E-state index in [2.05, 4.69) is 10.2 Å². The molecule has 3 N–H and O–H groups in total. The Morgan fingerprint density at radius 1 is 1.33 bits per heavy atom. The number of nitrogens with zero attached hydrogens (tertiary/aromatic N) is 1. The number of nitrogen functional groups attached to an aromatic ring is 1. The van der Waals surface area contributed by atoms with Crippen molar-refractivity contribution in [2.24, 2.45) is 0 Å². The van der Waals surface area contributed by atoms with Crippen LogP contribution < -0.4 is 5.73 Å². The SMILES string of the molecule is COCc1[nH]nc(N)c1-c1ccccc1. The number of hydrogen-bond acceptors (Lipinski definition) is 3. The fraction of sp³-hybridized carbons (Fsp3) is 0.182. The van der Waals surface area contributed by atoms with E-state index >= 15 is 0 Å². The van der Waals surface area contributed by atoms with Crippen LogP contribution in [0.3, 0.4) is 0 Å². The van der Waals surface area contributed by atoms with Crippen molar-refractivity contribution >= 4 is 5.82 Å². The molecule has 0 unspecified atom stereocenters. The zero-order chi connectivity index (χ0) is 10.7. The van der Waals surface area contributed by atoms with Crippen molar-refractivity contribution in [2.75, 3.05) is 12.8 Å². The van der Waals surface area contributed by atoms with Gasteiger partial charge >= 0.3 is 0 Å². The van der Waals surface area contributed by atoms with Gasteiger partial charge in [0.1, 0.15) is 0 Å². The first-order valence-electron chi connectivity index (χ1n) is 4.70. The summed E-state index contributed by atoms with van der Waals surface area (Å²) in [5, 5.41) is 6.86. The monoisotopic (exact) mass is 203 g/mol. The minimum atomic E-state index is 0.481. The normalized spacial score (nSPS) is 10.5. The minimum Gasteiger partial charge on any atom is -0.382 e. The molecule has 0 spiro atoms. The number of methoxy groups -OCH3 is 1. The Balaban J connectivity index is 2.47. The van der Waals surface area contributed by atoms with Gasteiger partial charge < -0.3 is 10.5 Å². The van der Waals surface area contributed by atoms with Crippen molar-refractivity contribution in [1.29, 1.82) is 0 Å². The van der Waals surface area contributed by atoms with Gasteiger partial charge in [0.15, 0.2) is 5.82 Å². The smallest absolute Gasteiger partial charge is 0.153 e. The Morgan fingerprint density at radius 3 is 2.73 bits per heavy atom. The third kappa shape index (κ3) is 1.85. The molecule has 0 saturated heterocycles. The first-order valence-corrected chi connectivity index (χ1v) is 4.70. The molecule has 1 aromatic heterocycles.